The van der Waals surface area contributed by atoms with E-state index in [1.807, 2.05) is 97.3 Å². The van der Waals surface area contributed by atoms with Crippen LogP contribution in [0, 0.1) is 0 Å². The second-order valence-electron chi connectivity index (χ2n) is 13.0. The van der Waals surface area contributed by atoms with Crippen molar-refractivity contribution in [2.24, 2.45) is 0 Å². The number of pyridine rings is 3. The molecule has 0 bridgehead atoms. The second kappa shape index (κ2) is 14.7. The molecule has 9 rings (SSSR count). The van der Waals surface area contributed by atoms with Crippen molar-refractivity contribution < 1.29 is 0 Å². The lowest BCUT2D eigenvalue weighted by Crippen LogP contribution is -1.96. The molecule has 54 heavy (non-hydrogen) atoms. The Bertz CT molecular complexity index is 2590. The topological polar surface area (TPSA) is 64.5 Å². The molecular weight excluding hydrogens is 659 g/mol. The molecule has 5 heteroatoms. The molecule has 0 spiro atoms. The van der Waals surface area contributed by atoms with E-state index in [9.17, 15) is 0 Å². The monoisotopic (exact) mass is 691 g/mol. The molecule has 0 N–H and O–H groups in total. The average molecular weight is 692 g/mol. The molecule has 4 aromatic heterocycles. The van der Waals surface area contributed by atoms with Gasteiger partial charge in [-0.2, -0.15) is 0 Å². The van der Waals surface area contributed by atoms with Gasteiger partial charge in [-0.15, -0.1) is 0 Å². The first-order valence-electron chi connectivity index (χ1n) is 17.9. The minimum atomic E-state index is 0.698. The van der Waals surface area contributed by atoms with Crippen LogP contribution in [0.4, 0.5) is 0 Å². The quantitative estimate of drug-likeness (QED) is 0.159. The Labute approximate surface area is 314 Å². The predicted molar refractivity (Wildman–Crippen MR) is 219 cm³/mol. The van der Waals surface area contributed by atoms with Gasteiger partial charge in [-0.1, -0.05) is 158 Å². The molecule has 0 radical (unpaired) electrons. The van der Waals surface area contributed by atoms with Crippen molar-refractivity contribution in [2.75, 3.05) is 0 Å². The maximum Gasteiger partial charge on any atom is 0.160 e. The van der Waals surface area contributed by atoms with Crippen LogP contribution < -0.4 is 0 Å². The maximum atomic E-state index is 5.07. The van der Waals surface area contributed by atoms with Crippen molar-refractivity contribution in [1.29, 1.82) is 0 Å². The fourth-order valence-electron chi connectivity index (χ4n) is 6.55. The third kappa shape index (κ3) is 6.94. The van der Waals surface area contributed by atoms with Crippen molar-refractivity contribution in [3.8, 4) is 90.1 Å². The normalized spacial score (nSPS) is 11.0. The van der Waals surface area contributed by atoms with Crippen LogP contribution in [-0.2, 0) is 0 Å². The van der Waals surface area contributed by atoms with Gasteiger partial charge in [0.1, 0.15) is 0 Å². The summed E-state index contributed by atoms with van der Waals surface area (Å²) >= 11 is 0. The molecule has 0 saturated heterocycles. The summed E-state index contributed by atoms with van der Waals surface area (Å²) < 4.78 is 0. The smallest absolute Gasteiger partial charge is 0.160 e. The van der Waals surface area contributed by atoms with Gasteiger partial charge < -0.3 is 0 Å². The molecule has 9 aromatic rings. The largest absolute Gasteiger partial charge is 0.254 e. The van der Waals surface area contributed by atoms with Gasteiger partial charge in [0.25, 0.3) is 0 Å². The van der Waals surface area contributed by atoms with Gasteiger partial charge in [0, 0.05) is 40.2 Å². The summed E-state index contributed by atoms with van der Waals surface area (Å²) in [5, 5.41) is 0. The number of aromatic nitrogens is 5. The first-order chi connectivity index (χ1) is 26.7. The summed E-state index contributed by atoms with van der Waals surface area (Å²) in [7, 11) is 0. The van der Waals surface area contributed by atoms with E-state index in [1.165, 1.54) is 0 Å². The molecule has 0 saturated carbocycles. The third-order valence-electron chi connectivity index (χ3n) is 9.43. The maximum absolute atomic E-state index is 5.07. The van der Waals surface area contributed by atoms with Crippen LogP contribution in [0.3, 0.4) is 0 Å². The summed E-state index contributed by atoms with van der Waals surface area (Å²) in [4.78, 5) is 24.7. The lowest BCUT2D eigenvalue weighted by Gasteiger charge is -2.11. The van der Waals surface area contributed by atoms with Crippen molar-refractivity contribution >= 4 is 0 Å². The molecule has 0 aliphatic heterocycles. The highest BCUT2D eigenvalue weighted by atomic mass is 14.9. The fourth-order valence-corrected chi connectivity index (χ4v) is 6.55. The Balaban J connectivity index is 1.02. The summed E-state index contributed by atoms with van der Waals surface area (Å²) in [6.45, 7) is 0. The first kappa shape index (κ1) is 32.5. The van der Waals surface area contributed by atoms with Gasteiger partial charge in [-0.3, -0.25) is 9.97 Å². The van der Waals surface area contributed by atoms with Crippen molar-refractivity contribution in [3.05, 3.63) is 200 Å². The van der Waals surface area contributed by atoms with E-state index in [0.29, 0.717) is 5.82 Å². The lowest BCUT2D eigenvalue weighted by molar-refractivity contribution is 1.18. The molecule has 5 nitrogen and oxygen atoms in total. The molecule has 0 unspecified atom stereocenters. The zero-order valence-corrected chi connectivity index (χ0v) is 29.3. The molecule has 5 aromatic carbocycles. The molecule has 0 aliphatic carbocycles. The van der Waals surface area contributed by atoms with Crippen LogP contribution in [0.25, 0.3) is 90.1 Å². The first-order valence-corrected chi connectivity index (χ1v) is 17.9. The summed E-state index contributed by atoms with van der Waals surface area (Å²) in [6.07, 6.45) is 3.83. The number of benzene rings is 5. The van der Waals surface area contributed by atoms with E-state index < -0.39 is 0 Å². The van der Waals surface area contributed by atoms with E-state index in [2.05, 4.69) is 103 Å². The molecule has 0 amide bonds. The average Bonchev–Trinajstić information content (AvgIpc) is 3.27. The third-order valence-corrected chi connectivity index (χ3v) is 9.43. The molecule has 4 heterocycles. The van der Waals surface area contributed by atoms with Crippen LogP contribution in [0.1, 0.15) is 0 Å². The highest BCUT2D eigenvalue weighted by molar-refractivity contribution is 5.77. The van der Waals surface area contributed by atoms with Gasteiger partial charge in [0.05, 0.1) is 34.2 Å². The van der Waals surface area contributed by atoms with Gasteiger partial charge in [-0.25, -0.2) is 15.0 Å². The summed E-state index contributed by atoms with van der Waals surface area (Å²) in [5.74, 6) is 0.698. The lowest BCUT2D eigenvalue weighted by atomic mass is 10.0. The Hall–Kier alpha value is -7.37. The Morgan fingerprint density at radius 2 is 0.593 bits per heavy atom. The number of rotatable bonds is 8. The van der Waals surface area contributed by atoms with Gasteiger partial charge in [-0.05, 0) is 52.6 Å². The van der Waals surface area contributed by atoms with Crippen LogP contribution in [-0.4, -0.2) is 24.9 Å². The Morgan fingerprint density at radius 3 is 1.06 bits per heavy atom. The SMILES string of the molecule is c1ccc(-c2ccc(-c3cc(-c4ccccc4)cc(-c4ccc(-c5ccc(-c6cc(-c7ccccc7)nc(-c7ccccc7)n6)cc5)cn4)n3)nc2)cc1. The highest BCUT2D eigenvalue weighted by Crippen LogP contribution is 2.32. The Morgan fingerprint density at radius 1 is 0.222 bits per heavy atom. The molecule has 0 atom stereocenters. The molecule has 0 aliphatic rings. The predicted octanol–water partition coefficient (Wildman–Crippen LogP) is 12.0. The van der Waals surface area contributed by atoms with E-state index in [0.717, 1.165) is 84.2 Å². The molecular formula is C49H33N5. The number of nitrogens with zero attached hydrogens (tertiary/aromatic N) is 5. The second-order valence-corrected chi connectivity index (χ2v) is 13.0. The number of hydrogen-bond donors (Lipinski definition) is 0. The van der Waals surface area contributed by atoms with Crippen molar-refractivity contribution in [3.63, 3.8) is 0 Å². The number of hydrogen-bond acceptors (Lipinski definition) is 5. The van der Waals surface area contributed by atoms with Crippen LogP contribution in [0.5, 0.6) is 0 Å². The van der Waals surface area contributed by atoms with E-state index in [1.54, 1.807) is 0 Å². The molecule has 0 fully saturated rings. The fraction of sp³-hybridized carbons (Fsp3) is 0. The summed E-state index contributed by atoms with van der Waals surface area (Å²) in [5.41, 5.74) is 14.4. The van der Waals surface area contributed by atoms with Crippen molar-refractivity contribution in [2.45, 2.75) is 0 Å². The standard InChI is InChI=1S/C49H33N5/c1-5-13-34(14-6-1)40-25-27-43(50-32-40)47-29-42(35-15-7-2-8-16-35)30-48(52-47)44-28-26-41(33-51-44)36-21-23-38(24-22-36)46-31-45(37-17-9-3-10-18-37)53-49(54-46)39-19-11-4-12-20-39/h1-33H. The van der Waals surface area contributed by atoms with E-state index >= 15 is 0 Å². The Kier molecular flexibility index (Phi) is 8.86. The van der Waals surface area contributed by atoms with Gasteiger partial charge in [0.2, 0.25) is 0 Å². The minimum absolute atomic E-state index is 0.698. The zero-order valence-electron chi connectivity index (χ0n) is 29.3. The molecule has 254 valence electrons. The van der Waals surface area contributed by atoms with Crippen LogP contribution >= 0.6 is 0 Å². The van der Waals surface area contributed by atoms with Crippen LogP contribution in [0.15, 0.2) is 200 Å². The van der Waals surface area contributed by atoms with E-state index in [4.69, 9.17) is 24.9 Å². The van der Waals surface area contributed by atoms with Crippen molar-refractivity contribution in [1.82, 2.24) is 24.9 Å². The zero-order chi connectivity index (χ0) is 36.1. The van der Waals surface area contributed by atoms with Gasteiger partial charge >= 0.3 is 0 Å². The highest BCUT2D eigenvalue weighted by Gasteiger charge is 2.13. The summed E-state index contributed by atoms with van der Waals surface area (Å²) in [6, 6.07) is 64.0. The van der Waals surface area contributed by atoms with Gasteiger partial charge in [0.15, 0.2) is 5.82 Å². The minimum Gasteiger partial charge on any atom is -0.254 e. The van der Waals surface area contributed by atoms with Crippen LogP contribution in [0.2, 0.25) is 0 Å². The van der Waals surface area contributed by atoms with E-state index in [-0.39, 0.29) is 0 Å².